The van der Waals surface area contributed by atoms with Crippen LogP contribution in [0.3, 0.4) is 0 Å². The zero-order valence-electron chi connectivity index (χ0n) is 22.2. The Labute approximate surface area is 220 Å². The van der Waals surface area contributed by atoms with Crippen LogP contribution in [-0.4, -0.2) is 28.6 Å². The van der Waals surface area contributed by atoms with Gasteiger partial charge in [0.05, 0.1) is 24.1 Å². The Morgan fingerprint density at radius 1 is 0.892 bits per heavy atom. The van der Waals surface area contributed by atoms with Gasteiger partial charge in [-0.15, -0.1) is 0 Å². The molecular weight excluding hydrogens is 458 g/mol. The quantitative estimate of drug-likeness (QED) is 0.200. The van der Waals surface area contributed by atoms with E-state index in [0.717, 1.165) is 80.9 Å². The molecule has 5 heteroatoms. The summed E-state index contributed by atoms with van der Waals surface area (Å²) < 4.78 is 8.44. The molecule has 0 saturated carbocycles. The average molecular weight is 498 g/mol. The van der Waals surface area contributed by atoms with Gasteiger partial charge in [0.2, 0.25) is 5.91 Å². The number of unbranched alkanes of at least 4 members (excludes halogenated alkanes) is 3. The molecule has 0 fully saturated rings. The van der Waals surface area contributed by atoms with E-state index in [4.69, 9.17) is 9.72 Å². The molecule has 0 radical (unpaired) electrons. The molecule has 1 heterocycles. The third-order valence-corrected chi connectivity index (χ3v) is 6.72. The Bertz CT molecular complexity index is 1280. The van der Waals surface area contributed by atoms with Crippen molar-refractivity contribution >= 4 is 16.9 Å². The maximum Gasteiger partial charge on any atom is 0.224 e. The Kier molecular flexibility index (Phi) is 9.75. The first-order valence-corrected chi connectivity index (χ1v) is 13.5. The third kappa shape index (κ3) is 7.94. The fraction of sp³-hybridized carbons (Fsp3) is 0.375. The summed E-state index contributed by atoms with van der Waals surface area (Å²) in [6.07, 6.45) is 6.56. The zero-order chi connectivity index (χ0) is 25.9. The number of hydrogen-bond acceptors (Lipinski definition) is 3. The average Bonchev–Trinajstić information content (AvgIpc) is 3.25. The highest BCUT2D eigenvalue weighted by Gasteiger charge is 2.10. The maximum absolute atomic E-state index is 12.1. The number of aryl methyl sites for hydroxylation is 4. The highest BCUT2D eigenvalue weighted by Crippen LogP contribution is 2.21. The van der Waals surface area contributed by atoms with Crippen molar-refractivity contribution in [1.82, 2.24) is 14.9 Å². The predicted molar refractivity (Wildman–Crippen MR) is 151 cm³/mol. The number of amides is 1. The molecule has 0 atom stereocenters. The van der Waals surface area contributed by atoms with E-state index in [1.807, 2.05) is 30.3 Å². The van der Waals surface area contributed by atoms with E-state index in [1.165, 1.54) is 16.6 Å². The molecule has 1 aromatic heterocycles. The smallest absolute Gasteiger partial charge is 0.224 e. The summed E-state index contributed by atoms with van der Waals surface area (Å²) in [7, 11) is 0. The summed E-state index contributed by atoms with van der Waals surface area (Å²) in [4.78, 5) is 17.1. The van der Waals surface area contributed by atoms with E-state index in [1.54, 1.807) is 0 Å². The molecule has 0 unspecified atom stereocenters. The molecule has 1 N–H and O–H groups in total. The number of aromatic nitrogens is 2. The van der Waals surface area contributed by atoms with E-state index in [0.29, 0.717) is 6.42 Å². The first-order valence-electron chi connectivity index (χ1n) is 13.5. The Balaban J connectivity index is 1.20. The van der Waals surface area contributed by atoms with E-state index in [9.17, 15) is 4.79 Å². The number of nitrogens with one attached hydrogen (secondary N) is 1. The van der Waals surface area contributed by atoms with Crippen LogP contribution in [-0.2, 0) is 24.2 Å². The monoisotopic (exact) mass is 497 g/mol. The van der Waals surface area contributed by atoms with Crippen LogP contribution >= 0.6 is 0 Å². The third-order valence-electron chi connectivity index (χ3n) is 6.72. The number of rotatable bonds is 14. The number of fused-ring (bicyclic) bond motifs is 1. The lowest BCUT2D eigenvalue weighted by Crippen LogP contribution is -2.26. The molecule has 4 rings (SSSR count). The number of ether oxygens (including phenoxy) is 1. The zero-order valence-corrected chi connectivity index (χ0v) is 22.2. The van der Waals surface area contributed by atoms with Crippen molar-refractivity contribution in [3.05, 3.63) is 95.3 Å². The minimum atomic E-state index is 0.0922. The number of imidazole rings is 1. The minimum absolute atomic E-state index is 0.0922. The van der Waals surface area contributed by atoms with Gasteiger partial charge in [-0.05, 0) is 74.4 Å². The second-order valence-electron chi connectivity index (χ2n) is 9.82. The molecule has 0 bridgehead atoms. The summed E-state index contributed by atoms with van der Waals surface area (Å²) in [6, 6.07) is 24.7. The van der Waals surface area contributed by atoms with Crippen molar-refractivity contribution in [3.8, 4) is 5.75 Å². The molecule has 0 spiro atoms. The van der Waals surface area contributed by atoms with Gasteiger partial charge < -0.3 is 14.6 Å². The predicted octanol–water partition coefficient (Wildman–Crippen LogP) is 6.58. The number of carbonyl (C=O) groups excluding carboxylic acids is 1. The van der Waals surface area contributed by atoms with Crippen LogP contribution < -0.4 is 10.1 Å². The molecule has 0 aliphatic carbocycles. The van der Waals surface area contributed by atoms with Crippen LogP contribution in [0.15, 0.2) is 72.8 Å². The summed E-state index contributed by atoms with van der Waals surface area (Å²) in [5.74, 6) is 2.24. The van der Waals surface area contributed by atoms with Gasteiger partial charge >= 0.3 is 0 Å². The van der Waals surface area contributed by atoms with Gasteiger partial charge in [0.15, 0.2) is 0 Å². The first-order chi connectivity index (χ1) is 18.1. The fourth-order valence-electron chi connectivity index (χ4n) is 4.64. The summed E-state index contributed by atoms with van der Waals surface area (Å²) in [6.45, 7) is 6.59. The van der Waals surface area contributed by atoms with Crippen LogP contribution in [0.4, 0.5) is 0 Å². The fourth-order valence-corrected chi connectivity index (χ4v) is 4.64. The van der Waals surface area contributed by atoms with Gasteiger partial charge in [0.1, 0.15) is 11.6 Å². The number of carbonyl (C=O) groups is 1. The topological polar surface area (TPSA) is 56.1 Å². The van der Waals surface area contributed by atoms with Crippen molar-refractivity contribution < 1.29 is 9.53 Å². The van der Waals surface area contributed by atoms with Crippen molar-refractivity contribution in [3.63, 3.8) is 0 Å². The van der Waals surface area contributed by atoms with Gasteiger partial charge in [-0.2, -0.15) is 0 Å². The van der Waals surface area contributed by atoms with E-state index < -0.39 is 0 Å². The molecule has 3 aromatic carbocycles. The standard InChI is InChI=1S/C32H39N3O2/c1-25-18-19-26(2)30(23-25)37-22-12-11-21-35-29-16-9-8-15-28(29)34-31(35)17-7-4-10-20-33-32(36)24-27-13-5-3-6-14-27/h3,5-6,8-9,13-16,18-19,23H,4,7,10-12,17,20-22,24H2,1-2H3,(H,33,36). The molecule has 0 aliphatic heterocycles. The van der Waals surface area contributed by atoms with Gasteiger partial charge in [0, 0.05) is 19.5 Å². The Morgan fingerprint density at radius 2 is 1.70 bits per heavy atom. The van der Waals surface area contributed by atoms with Crippen LogP contribution in [0.25, 0.3) is 11.0 Å². The van der Waals surface area contributed by atoms with Crippen molar-refractivity contribution in [2.24, 2.45) is 0 Å². The van der Waals surface area contributed by atoms with Crippen LogP contribution in [0.5, 0.6) is 5.75 Å². The summed E-state index contributed by atoms with van der Waals surface area (Å²) >= 11 is 0. The number of hydrogen-bond donors (Lipinski definition) is 1. The number of para-hydroxylation sites is 2. The molecule has 4 aromatic rings. The molecule has 37 heavy (non-hydrogen) atoms. The van der Waals surface area contributed by atoms with E-state index in [2.05, 4.69) is 66.2 Å². The molecule has 5 nitrogen and oxygen atoms in total. The largest absolute Gasteiger partial charge is 0.493 e. The molecule has 194 valence electrons. The highest BCUT2D eigenvalue weighted by molar-refractivity contribution is 5.78. The molecule has 1 amide bonds. The lowest BCUT2D eigenvalue weighted by Gasteiger charge is -2.12. The second-order valence-corrected chi connectivity index (χ2v) is 9.82. The van der Waals surface area contributed by atoms with Gasteiger partial charge in [-0.3, -0.25) is 4.79 Å². The van der Waals surface area contributed by atoms with Gasteiger partial charge in [-0.25, -0.2) is 4.98 Å². The SMILES string of the molecule is Cc1ccc(C)c(OCCCCn2c(CCCCCNC(=O)Cc3ccccc3)nc3ccccc32)c1. The number of nitrogens with zero attached hydrogens (tertiary/aromatic N) is 2. The lowest BCUT2D eigenvalue weighted by molar-refractivity contribution is -0.120. The molecule has 0 saturated heterocycles. The summed E-state index contributed by atoms with van der Waals surface area (Å²) in [5, 5.41) is 3.05. The first kappa shape index (κ1) is 26.5. The molecule has 0 aliphatic rings. The molecular formula is C32H39N3O2. The normalized spacial score (nSPS) is 11.1. The van der Waals surface area contributed by atoms with E-state index >= 15 is 0 Å². The highest BCUT2D eigenvalue weighted by atomic mass is 16.5. The van der Waals surface area contributed by atoms with Gasteiger partial charge in [0.25, 0.3) is 0 Å². The van der Waals surface area contributed by atoms with Crippen LogP contribution in [0.2, 0.25) is 0 Å². The van der Waals surface area contributed by atoms with Crippen LogP contribution in [0, 0.1) is 13.8 Å². The van der Waals surface area contributed by atoms with Crippen molar-refractivity contribution in [2.75, 3.05) is 13.2 Å². The van der Waals surface area contributed by atoms with Crippen LogP contribution in [0.1, 0.15) is 54.6 Å². The van der Waals surface area contributed by atoms with Crippen molar-refractivity contribution in [1.29, 1.82) is 0 Å². The minimum Gasteiger partial charge on any atom is -0.493 e. The van der Waals surface area contributed by atoms with Gasteiger partial charge in [-0.1, -0.05) is 61.0 Å². The maximum atomic E-state index is 12.1. The second kappa shape index (κ2) is 13.6. The lowest BCUT2D eigenvalue weighted by atomic mass is 10.1. The number of benzene rings is 3. The van der Waals surface area contributed by atoms with Crippen molar-refractivity contribution in [2.45, 2.75) is 65.3 Å². The summed E-state index contributed by atoms with van der Waals surface area (Å²) in [5.41, 5.74) is 5.74. The Hall–Kier alpha value is -3.60. The Morgan fingerprint density at radius 3 is 2.57 bits per heavy atom. The van der Waals surface area contributed by atoms with E-state index in [-0.39, 0.29) is 5.91 Å².